The number of halogens is 3. The van der Waals surface area contributed by atoms with Gasteiger partial charge in [0, 0.05) is 5.02 Å². The van der Waals surface area contributed by atoms with E-state index in [0.29, 0.717) is 0 Å². The van der Waals surface area contributed by atoms with Crippen molar-refractivity contribution in [3.63, 3.8) is 0 Å². The third-order valence-electron chi connectivity index (χ3n) is 3.10. The molecule has 126 valence electrons. The fourth-order valence-electron chi connectivity index (χ4n) is 1.83. The van der Waals surface area contributed by atoms with Crippen molar-refractivity contribution in [2.75, 3.05) is 11.1 Å². The zero-order valence-corrected chi connectivity index (χ0v) is 14.0. The van der Waals surface area contributed by atoms with Gasteiger partial charge in [0.25, 0.3) is 5.91 Å². The Labute approximate surface area is 147 Å². The molecule has 8 heteroatoms. The molecule has 0 spiro atoms. The molecule has 1 unspecified atom stereocenters. The van der Waals surface area contributed by atoms with Crippen LogP contribution in [0.25, 0.3) is 0 Å². The molecule has 1 atom stereocenters. The van der Waals surface area contributed by atoms with Crippen LogP contribution in [0.2, 0.25) is 10.0 Å². The monoisotopic (exact) mass is 370 g/mol. The summed E-state index contributed by atoms with van der Waals surface area (Å²) in [5, 5.41) is 2.62. The van der Waals surface area contributed by atoms with Crippen LogP contribution < -0.4 is 11.1 Å². The predicted octanol–water partition coefficient (Wildman–Crippen LogP) is 3.90. The predicted molar refractivity (Wildman–Crippen MR) is 90.8 cm³/mol. The van der Waals surface area contributed by atoms with Gasteiger partial charge in [-0.05, 0) is 31.2 Å². The maximum Gasteiger partial charge on any atom is 0.341 e. The number of anilines is 2. The van der Waals surface area contributed by atoms with Crippen molar-refractivity contribution in [1.82, 2.24) is 0 Å². The van der Waals surface area contributed by atoms with Crippen molar-refractivity contribution in [1.29, 1.82) is 0 Å². The number of hydrogen-bond acceptors (Lipinski definition) is 4. The van der Waals surface area contributed by atoms with Crippen LogP contribution in [0.4, 0.5) is 15.8 Å². The molecular formula is C16H13Cl2FN2O3. The highest BCUT2D eigenvalue weighted by atomic mass is 35.5. The standard InChI is InChI=1S/C16H13Cl2FN2O3/c1-8(15(22)21-13-5-3-2-4-12(13)19)24-16(23)10-6-9(17)7-11(18)14(10)20/h2-8H,20H2,1H3,(H,21,22). The molecule has 0 radical (unpaired) electrons. The Morgan fingerprint density at radius 3 is 2.58 bits per heavy atom. The quantitative estimate of drug-likeness (QED) is 0.631. The van der Waals surface area contributed by atoms with Gasteiger partial charge in [-0.3, -0.25) is 4.79 Å². The number of amides is 1. The van der Waals surface area contributed by atoms with Crippen LogP contribution >= 0.6 is 23.2 Å². The minimum Gasteiger partial charge on any atom is -0.449 e. The fraction of sp³-hybridized carbons (Fsp3) is 0.125. The molecule has 5 nitrogen and oxygen atoms in total. The Balaban J connectivity index is 2.09. The molecule has 2 aromatic rings. The fourth-order valence-corrected chi connectivity index (χ4v) is 2.32. The molecule has 0 saturated heterocycles. The number of carbonyl (C=O) groups is 2. The number of nitrogens with two attached hydrogens (primary N) is 1. The number of ether oxygens (including phenoxy) is 1. The number of hydrogen-bond donors (Lipinski definition) is 2. The highest BCUT2D eigenvalue weighted by Gasteiger charge is 2.22. The Morgan fingerprint density at radius 2 is 1.92 bits per heavy atom. The van der Waals surface area contributed by atoms with Crippen molar-refractivity contribution >= 4 is 46.5 Å². The zero-order chi connectivity index (χ0) is 17.9. The van der Waals surface area contributed by atoms with Crippen LogP contribution in [-0.2, 0) is 9.53 Å². The van der Waals surface area contributed by atoms with E-state index in [-0.39, 0.29) is 27.0 Å². The molecule has 2 rings (SSSR count). The van der Waals surface area contributed by atoms with E-state index in [0.717, 1.165) is 0 Å². The second-order valence-corrected chi connectivity index (χ2v) is 5.71. The van der Waals surface area contributed by atoms with Crippen LogP contribution in [-0.4, -0.2) is 18.0 Å². The van der Waals surface area contributed by atoms with E-state index in [4.69, 9.17) is 33.7 Å². The van der Waals surface area contributed by atoms with Gasteiger partial charge in [0.2, 0.25) is 0 Å². The average molecular weight is 371 g/mol. The molecule has 3 N–H and O–H groups in total. The summed E-state index contributed by atoms with van der Waals surface area (Å²) in [6.07, 6.45) is -1.19. The second-order valence-electron chi connectivity index (χ2n) is 4.87. The Morgan fingerprint density at radius 1 is 1.25 bits per heavy atom. The SMILES string of the molecule is CC(OC(=O)c1cc(Cl)cc(Cl)c1N)C(=O)Nc1ccccc1F. The van der Waals surface area contributed by atoms with E-state index in [2.05, 4.69) is 5.32 Å². The summed E-state index contributed by atoms with van der Waals surface area (Å²) < 4.78 is 18.5. The summed E-state index contributed by atoms with van der Waals surface area (Å²) in [4.78, 5) is 24.1. The first kappa shape index (κ1) is 18.0. The Hall–Kier alpha value is -2.31. The first-order valence-electron chi connectivity index (χ1n) is 6.80. The summed E-state index contributed by atoms with van der Waals surface area (Å²) in [5.41, 5.74) is 5.62. The molecule has 0 aliphatic heterocycles. The summed E-state index contributed by atoms with van der Waals surface area (Å²) >= 11 is 11.7. The van der Waals surface area contributed by atoms with Crippen LogP contribution in [0.3, 0.4) is 0 Å². The third kappa shape index (κ3) is 4.15. The number of esters is 1. The van der Waals surface area contributed by atoms with Gasteiger partial charge in [-0.15, -0.1) is 0 Å². The lowest BCUT2D eigenvalue weighted by Gasteiger charge is -2.15. The molecule has 2 aromatic carbocycles. The molecule has 24 heavy (non-hydrogen) atoms. The minimum absolute atomic E-state index is 0.00669. The van der Waals surface area contributed by atoms with Gasteiger partial charge in [0.05, 0.1) is 22.0 Å². The molecule has 0 aromatic heterocycles. The van der Waals surface area contributed by atoms with E-state index in [1.54, 1.807) is 6.07 Å². The van der Waals surface area contributed by atoms with E-state index in [9.17, 15) is 14.0 Å². The van der Waals surface area contributed by atoms with Crippen molar-refractivity contribution in [2.24, 2.45) is 0 Å². The topological polar surface area (TPSA) is 81.4 Å². The van der Waals surface area contributed by atoms with Crippen LogP contribution in [0.1, 0.15) is 17.3 Å². The average Bonchev–Trinajstić information content (AvgIpc) is 2.52. The van der Waals surface area contributed by atoms with Gasteiger partial charge in [-0.25, -0.2) is 9.18 Å². The van der Waals surface area contributed by atoms with Gasteiger partial charge in [0.15, 0.2) is 6.10 Å². The van der Waals surface area contributed by atoms with Gasteiger partial charge < -0.3 is 15.8 Å². The highest BCUT2D eigenvalue weighted by Crippen LogP contribution is 2.28. The molecule has 0 heterocycles. The molecule has 1 amide bonds. The minimum atomic E-state index is -1.19. The number of para-hydroxylation sites is 1. The third-order valence-corrected chi connectivity index (χ3v) is 3.63. The van der Waals surface area contributed by atoms with E-state index in [1.807, 2.05) is 0 Å². The summed E-state index contributed by atoms with van der Waals surface area (Å²) in [6, 6.07) is 8.29. The first-order valence-corrected chi connectivity index (χ1v) is 7.56. The summed E-state index contributed by atoms with van der Waals surface area (Å²) in [7, 11) is 0. The summed E-state index contributed by atoms with van der Waals surface area (Å²) in [6.45, 7) is 1.34. The summed E-state index contributed by atoms with van der Waals surface area (Å²) in [5.74, 6) is -2.16. The molecule has 0 fully saturated rings. The lowest BCUT2D eigenvalue weighted by Crippen LogP contribution is -2.30. The normalized spacial score (nSPS) is 11.7. The Bertz CT molecular complexity index is 799. The smallest absolute Gasteiger partial charge is 0.341 e. The van der Waals surface area contributed by atoms with Crippen molar-refractivity contribution in [3.8, 4) is 0 Å². The first-order chi connectivity index (χ1) is 11.3. The van der Waals surface area contributed by atoms with Crippen molar-refractivity contribution in [2.45, 2.75) is 13.0 Å². The van der Waals surface area contributed by atoms with Gasteiger partial charge >= 0.3 is 5.97 Å². The number of rotatable bonds is 4. The van der Waals surface area contributed by atoms with Crippen LogP contribution in [0.15, 0.2) is 36.4 Å². The van der Waals surface area contributed by atoms with Gasteiger partial charge in [-0.2, -0.15) is 0 Å². The number of benzene rings is 2. The molecule has 0 aliphatic rings. The molecule has 0 aliphatic carbocycles. The maximum atomic E-state index is 13.5. The number of carbonyl (C=O) groups excluding carboxylic acids is 2. The van der Waals surface area contributed by atoms with Crippen molar-refractivity contribution < 1.29 is 18.7 Å². The van der Waals surface area contributed by atoms with Gasteiger partial charge in [0.1, 0.15) is 5.82 Å². The number of nitrogens with one attached hydrogen (secondary N) is 1. The van der Waals surface area contributed by atoms with E-state index < -0.39 is 23.8 Å². The maximum absolute atomic E-state index is 13.5. The molecule has 0 bridgehead atoms. The second kappa shape index (κ2) is 7.51. The molecule has 0 saturated carbocycles. The zero-order valence-electron chi connectivity index (χ0n) is 12.5. The lowest BCUT2D eigenvalue weighted by atomic mass is 10.2. The van der Waals surface area contributed by atoms with Crippen LogP contribution in [0, 0.1) is 5.82 Å². The van der Waals surface area contributed by atoms with E-state index in [1.165, 1.54) is 37.3 Å². The number of nitrogen functional groups attached to an aromatic ring is 1. The van der Waals surface area contributed by atoms with E-state index >= 15 is 0 Å². The van der Waals surface area contributed by atoms with Gasteiger partial charge in [-0.1, -0.05) is 35.3 Å². The lowest BCUT2D eigenvalue weighted by molar-refractivity contribution is -0.123. The van der Waals surface area contributed by atoms with Crippen LogP contribution in [0.5, 0.6) is 0 Å². The molecular weight excluding hydrogens is 358 g/mol. The van der Waals surface area contributed by atoms with Crippen molar-refractivity contribution in [3.05, 3.63) is 57.8 Å². The highest BCUT2D eigenvalue weighted by molar-refractivity contribution is 6.37. The largest absolute Gasteiger partial charge is 0.449 e. The Kier molecular flexibility index (Phi) is 5.64.